The third-order valence-electron chi connectivity index (χ3n) is 2.34. The Bertz CT molecular complexity index is 634. The Hall–Kier alpha value is -1.91. The molecule has 0 heterocycles. The highest BCUT2D eigenvalue weighted by atomic mass is 32.2. The number of benzene rings is 1. The van der Waals surface area contributed by atoms with Crippen LogP contribution in [-0.2, 0) is 14.8 Å². The molecular formula is C12H12FNO4S. The minimum absolute atomic E-state index is 0.178. The first-order chi connectivity index (χ1) is 8.77. The second-order valence-corrected chi connectivity index (χ2v) is 5.51. The quantitative estimate of drug-likeness (QED) is 0.787. The Kier molecular flexibility index (Phi) is 4.64. The van der Waals surface area contributed by atoms with Crippen molar-refractivity contribution in [2.75, 3.05) is 0 Å². The fourth-order valence-electron chi connectivity index (χ4n) is 1.46. The van der Waals surface area contributed by atoms with Crippen LogP contribution in [0.4, 0.5) is 4.39 Å². The van der Waals surface area contributed by atoms with Crippen molar-refractivity contribution < 1.29 is 22.7 Å². The maximum absolute atomic E-state index is 12.9. The van der Waals surface area contributed by atoms with Gasteiger partial charge in [-0.1, -0.05) is 0 Å². The van der Waals surface area contributed by atoms with Crippen LogP contribution >= 0.6 is 0 Å². The third-order valence-corrected chi connectivity index (χ3v) is 3.98. The first-order valence-corrected chi connectivity index (χ1v) is 6.71. The number of hydrogen-bond acceptors (Lipinski definition) is 3. The Morgan fingerprint density at radius 3 is 2.68 bits per heavy atom. The fraction of sp³-hybridized carbons (Fsp3) is 0.250. The molecule has 0 aliphatic heterocycles. The van der Waals surface area contributed by atoms with Crippen molar-refractivity contribution in [3.8, 4) is 12.3 Å². The molecular weight excluding hydrogens is 273 g/mol. The van der Waals surface area contributed by atoms with Gasteiger partial charge < -0.3 is 5.11 Å². The van der Waals surface area contributed by atoms with Crippen molar-refractivity contribution >= 4 is 16.0 Å². The molecule has 0 saturated carbocycles. The van der Waals surface area contributed by atoms with Crippen LogP contribution in [0.2, 0.25) is 0 Å². The number of carbonyl (C=O) groups is 1. The molecule has 0 radical (unpaired) electrons. The maximum atomic E-state index is 12.9. The summed E-state index contributed by atoms with van der Waals surface area (Å²) in [6.07, 6.45) is 4.69. The zero-order valence-corrected chi connectivity index (χ0v) is 10.9. The van der Waals surface area contributed by atoms with E-state index in [-0.39, 0.29) is 16.9 Å². The summed E-state index contributed by atoms with van der Waals surface area (Å²) in [5.41, 5.74) is 0.178. The van der Waals surface area contributed by atoms with E-state index >= 15 is 0 Å². The molecule has 0 fully saturated rings. The van der Waals surface area contributed by atoms with E-state index in [0.29, 0.717) is 0 Å². The number of hydrogen-bond donors (Lipinski definition) is 2. The van der Waals surface area contributed by atoms with Gasteiger partial charge in [-0.05, 0) is 30.7 Å². The van der Waals surface area contributed by atoms with Gasteiger partial charge in [-0.2, -0.15) is 4.72 Å². The number of carboxylic acids is 1. The maximum Gasteiger partial charge on any atom is 0.322 e. The molecule has 0 saturated heterocycles. The predicted octanol–water partition coefficient (Wildman–Crippen LogP) is 0.889. The van der Waals surface area contributed by atoms with Gasteiger partial charge in [-0.25, -0.2) is 12.8 Å². The van der Waals surface area contributed by atoms with Crippen molar-refractivity contribution in [2.24, 2.45) is 0 Å². The highest BCUT2D eigenvalue weighted by Gasteiger charge is 2.25. The lowest BCUT2D eigenvalue weighted by molar-refractivity contribution is -0.138. The van der Waals surface area contributed by atoms with E-state index < -0.39 is 27.9 Å². The molecule has 0 bridgehead atoms. The van der Waals surface area contributed by atoms with E-state index in [1.165, 1.54) is 6.92 Å². The van der Waals surface area contributed by atoms with Crippen LogP contribution in [0.1, 0.15) is 12.0 Å². The minimum Gasteiger partial charge on any atom is -0.480 e. The summed E-state index contributed by atoms with van der Waals surface area (Å²) < 4.78 is 38.9. The van der Waals surface area contributed by atoms with Gasteiger partial charge in [0.25, 0.3) is 0 Å². The Morgan fingerprint density at radius 2 is 2.21 bits per heavy atom. The zero-order valence-electron chi connectivity index (χ0n) is 10.1. The number of rotatable bonds is 5. The SMILES string of the molecule is C#CCC(NS(=O)(=O)c1ccc(F)cc1C)C(=O)O. The van der Waals surface area contributed by atoms with Gasteiger partial charge in [0.15, 0.2) is 0 Å². The molecule has 0 amide bonds. The predicted molar refractivity (Wildman–Crippen MR) is 66.3 cm³/mol. The van der Waals surface area contributed by atoms with Crippen LogP contribution in [-0.4, -0.2) is 25.5 Å². The van der Waals surface area contributed by atoms with Gasteiger partial charge in [0.2, 0.25) is 10.0 Å². The van der Waals surface area contributed by atoms with Crippen molar-refractivity contribution in [1.82, 2.24) is 4.72 Å². The number of aryl methyl sites for hydroxylation is 1. The lowest BCUT2D eigenvalue weighted by atomic mass is 10.2. The van der Waals surface area contributed by atoms with E-state index in [4.69, 9.17) is 11.5 Å². The fourth-order valence-corrected chi connectivity index (χ4v) is 2.88. The summed E-state index contributed by atoms with van der Waals surface area (Å²) in [7, 11) is -4.07. The second kappa shape index (κ2) is 5.82. The lowest BCUT2D eigenvalue weighted by Crippen LogP contribution is -2.40. The molecule has 1 atom stereocenters. The van der Waals surface area contributed by atoms with Gasteiger partial charge >= 0.3 is 5.97 Å². The molecule has 0 aliphatic carbocycles. The number of carboxylic acid groups (broad SMARTS) is 1. The molecule has 1 rings (SSSR count). The highest BCUT2D eigenvalue weighted by Crippen LogP contribution is 2.16. The van der Waals surface area contributed by atoms with Crippen LogP contribution < -0.4 is 4.72 Å². The number of halogens is 1. The van der Waals surface area contributed by atoms with Gasteiger partial charge in [0.1, 0.15) is 11.9 Å². The van der Waals surface area contributed by atoms with Crippen LogP contribution in [0, 0.1) is 25.1 Å². The van der Waals surface area contributed by atoms with Crippen molar-refractivity contribution in [2.45, 2.75) is 24.3 Å². The molecule has 1 unspecified atom stereocenters. The van der Waals surface area contributed by atoms with Crippen molar-refractivity contribution in [3.05, 3.63) is 29.6 Å². The minimum atomic E-state index is -4.07. The molecule has 0 spiro atoms. The standard InChI is InChI=1S/C12H12FNO4S/c1-3-4-10(12(15)16)14-19(17,18)11-6-5-9(13)7-8(11)2/h1,5-7,10,14H,4H2,2H3,(H,15,16). The van der Waals surface area contributed by atoms with Crippen LogP contribution in [0.15, 0.2) is 23.1 Å². The zero-order chi connectivity index (χ0) is 14.6. The number of terminal acetylenes is 1. The van der Waals surface area contributed by atoms with E-state index in [1.54, 1.807) is 0 Å². The average Bonchev–Trinajstić information content (AvgIpc) is 2.27. The van der Waals surface area contributed by atoms with Gasteiger partial charge in [0, 0.05) is 6.42 Å². The molecule has 1 aromatic carbocycles. The first kappa shape index (κ1) is 15.1. The van der Waals surface area contributed by atoms with Crippen LogP contribution in [0.3, 0.4) is 0 Å². The van der Waals surface area contributed by atoms with Gasteiger partial charge in [-0.15, -0.1) is 12.3 Å². The molecule has 19 heavy (non-hydrogen) atoms. The molecule has 7 heteroatoms. The van der Waals surface area contributed by atoms with Crippen LogP contribution in [0.5, 0.6) is 0 Å². The molecule has 0 aliphatic rings. The van der Waals surface area contributed by atoms with E-state index in [1.807, 2.05) is 4.72 Å². The molecule has 2 N–H and O–H groups in total. The first-order valence-electron chi connectivity index (χ1n) is 5.22. The molecule has 1 aromatic rings. The molecule has 5 nitrogen and oxygen atoms in total. The largest absolute Gasteiger partial charge is 0.480 e. The van der Waals surface area contributed by atoms with E-state index in [9.17, 15) is 17.6 Å². The Balaban J connectivity index is 3.11. The number of sulfonamides is 1. The summed E-state index contributed by atoms with van der Waals surface area (Å²) in [6, 6.07) is 1.69. The third kappa shape index (κ3) is 3.77. The topological polar surface area (TPSA) is 83.5 Å². The lowest BCUT2D eigenvalue weighted by Gasteiger charge is -2.13. The Labute approximate surface area is 110 Å². The summed E-state index contributed by atoms with van der Waals surface area (Å²) in [4.78, 5) is 10.7. The van der Waals surface area contributed by atoms with Gasteiger partial charge in [0.05, 0.1) is 4.90 Å². The van der Waals surface area contributed by atoms with Gasteiger partial charge in [-0.3, -0.25) is 4.79 Å². The van der Waals surface area contributed by atoms with Crippen LogP contribution in [0.25, 0.3) is 0 Å². The Morgan fingerprint density at radius 1 is 1.58 bits per heavy atom. The summed E-state index contributed by atoms with van der Waals surface area (Å²) in [6.45, 7) is 1.41. The van der Waals surface area contributed by atoms with Crippen molar-refractivity contribution in [1.29, 1.82) is 0 Å². The number of nitrogens with one attached hydrogen (secondary N) is 1. The average molecular weight is 285 g/mol. The normalized spacial score (nSPS) is 12.7. The summed E-state index contributed by atoms with van der Waals surface area (Å²) in [5, 5.41) is 8.85. The van der Waals surface area contributed by atoms with E-state index in [0.717, 1.165) is 18.2 Å². The monoisotopic (exact) mass is 285 g/mol. The van der Waals surface area contributed by atoms with Crippen molar-refractivity contribution in [3.63, 3.8) is 0 Å². The molecule has 0 aromatic heterocycles. The number of aliphatic carboxylic acids is 1. The summed E-state index contributed by atoms with van der Waals surface area (Å²) >= 11 is 0. The van der Waals surface area contributed by atoms with E-state index in [2.05, 4.69) is 5.92 Å². The second-order valence-electron chi connectivity index (χ2n) is 3.83. The summed E-state index contributed by atoms with van der Waals surface area (Å²) in [5.74, 6) is 0.131. The highest BCUT2D eigenvalue weighted by molar-refractivity contribution is 7.89. The molecule has 102 valence electrons. The smallest absolute Gasteiger partial charge is 0.322 e.